The van der Waals surface area contributed by atoms with Crippen molar-refractivity contribution < 1.29 is 5.11 Å². The Morgan fingerprint density at radius 2 is 2.25 bits per heavy atom. The van der Waals surface area contributed by atoms with Gasteiger partial charge >= 0.3 is 0 Å². The molecule has 2 nitrogen and oxygen atoms in total. The number of aryl methyl sites for hydroxylation is 1. The van der Waals surface area contributed by atoms with Crippen molar-refractivity contribution in [1.82, 2.24) is 5.32 Å². The molecule has 88 valence electrons. The molecule has 0 aliphatic carbocycles. The molecule has 2 rings (SSSR count). The van der Waals surface area contributed by atoms with Crippen molar-refractivity contribution in [1.29, 1.82) is 0 Å². The van der Waals surface area contributed by atoms with Gasteiger partial charge in [0.2, 0.25) is 0 Å². The van der Waals surface area contributed by atoms with Crippen molar-refractivity contribution in [3.05, 3.63) is 33.8 Å². The zero-order valence-corrected chi connectivity index (χ0v) is 11.1. The van der Waals surface area contributed by atoms with Crippen LogP contribution < -0.4 is 5.32 Å². The maximum atomic E-state index is 10.3. The predicted molar refractivity (Wildman–Crippen MR) is 69.5 cm³/mol. The fourth-order valence-corrected chi connectivity index (χ4v) is 2.57. The van der Waals surface area contributed by atoms with Gasteiger partial charge in [-0.05, 0) is 43.5 Å². The highest BCUT2D eigenvalue weighted by Gasteiger charge is 2.22. The molecule has 1 fully saturated rings. The summed E-state index contributed by atoms with van der Waals surface area (Å²) in [5, 5.41) is 13.7. The average molecular weight is 284 g/mol. The van der Waals surface area contributed by atoms with Gasteiger partial charge in [-0.3, -0.25) is 0 Å². The summed E-state index contributed by atoms with van der Waals surface area (Å²) in [6.45, 7) is 3.08. The lowest BCUT2D eigenvalue weighted by Gasteiger charge is -2.28. The minimum atomic E-state index is -0.391. The summed E-state index contributed by atoms with van der Waals surface area (Å²) in [6, 6.07) is 6.30. The van der Waals surface area contributed by atoms with E-state index >= 15 is 0 Å². The largest absolute Gasteiger partial charge is 0.387 e. The first kappa shape index (κ1) is 12.1. The molecule has 16 heavy (non-hydrogen) atoms. The minimum absolute atomic E-state index is 0.211. The van der Waals surface area contributed by atoms with Gasteiger partial charge in [0, 0.05) is 10.5 Å². The van der Waals surface area contributed by atoms with E-state index < -0.39 is 6.10 Å². The first-order valence-electron chi connectivity index (χ1n) is 5.86. The van der Waals surface area contributed by atoms with Gasteiger partial charge < -0.3 is 10.4 Å². The fourth-order valence-electron chi connectivity index (χ4n) is 2.17. The van der Waals surface area contributed by atoms with Gasteiger partial charge in [0.25, 0.3) is 0 Å². The quantitative estimate of drug-likeness (QED) is 0.875. The lowest BCUT2D eigenvalue weighted by Crippen LogP contribution is -2.38. The topological polar surface area (TPSA) is 32.3 Å². The lowest BCUT2D eigenvalue weighted by atomic mass is 9.94. The third-order valence-corrected chi connectivity index (χ3v) is 4.12. The maximum absolute atomic E-state index is 10.3. The van der Waals surface area contributed by atoms with Gasteiger partial charge in [0.15, 0.2) is 0 Å². The van der Waals surface area contributed by atoms with Crippen LogP contribution >= 0.6 is 15.9 Å². The molecular weight excluding hydrogens is 266 g/mol. The van der Waals surface area contributed by atoms with Crippen LogP contribution in [0.1, 0.15) is 36.5 Å². The van der Waals surface area contributed by atoms with Gasteiger partial charge in [-0.1, -0.05) is 34.5 Å². The lowest BCUT2D eigenvalue weighted by molar-refractivity contribution is 0.114. The molecule has 0 bridgehead atoms. The normalized spacial score (nSPS) is 23.1. The zero-order chi connectivity index (χ0) is 11.5. The van der Waals surface area contributed by atoms with Crippen molar-refractivity contribution in [3.8, 4) is 0 Å². The second kappa shape index (κ2) is 5.30. The van der Waals surface area contributed by atoms with Crippen molar-refractivity contribution in [2.75, 3.05) is 6.54 Å². The molecule has 0 saturated carbocycles. The highest BCUT2D eigenvalue weighted by Crippen LogP contribution is 2.26. The van der Waals surface area contributed by atoms with Crippen LogP contribution in [-0.4, -0.2) is 17.7 Å². The highest BCUT2D eigenvalue weighted by atomic mass is 79.9. The molecule has 1 aliphatic heterocycles. The maximum Gasteiger partial charge on any atom is 0.0943 e. The van der Waals surface area contributed by atoms with Gasteiger partial charge in [0.05, 0.1) is 6.10 Å². The number of rotatable bonds is 2. The predicted octanol–water partition coefficient (Wildman–Crippen LogP) is 2.93. The third-order valence-electron chi connectivity index (χ3n) is 3.27. The number of benzene rings is 1. The van der Waals surface area contributed by atoms with Crippen molar-refractivity contribution in [2.45, 2.75) is 38.3 Å². The van der Waals surface area contributed by atoms with Crippen LogP contribution in [0.3, 0.4) is 0 Å². The standard InChI is InChI=1S/C13H18BrNO/c1-9-5-6-10(8-11(9)14)13(16)12-4-2-3-7-15-12/h5-6,8,12-13,15-16H,2-4,7H2,1H3. The molecule has 1 aliphatic rings. The summed E-state index contributed by atoms with van der Waals surface area (Å²) in [5.41, 5.74) is 2.20. The summed E-state index contributed by atoms with van der Waals surface area (Å²) in [5.74, 6) is 0. The first-order valence-corrected chi connectivity index (χ1v) is 6.65. The third kappa shape index (κ3) is 2.65. The van der Waals surface area contributed by atoms with Gasteiger partial charge in [-0.25, -0.2) is 0 Å². The Hall–Kier alpha value is -0.380. The summed E-state index contributed by atoms with van der Waals surface area (Å²) in [4.78, 5) is 0. The number of nitrogens with one attached hydrogen (secondary N) is 1. The molecule has 2 unspecified atom stereocenters. The van der Waals surface area contributed by atoms with E-state index in [9.17, 15) is 5.11 Å². The summed E-state index contributed by atoms with van der Waals surface area (Å²) in [7, 11) is 0. The molecule has 2 atom stereocenters. The van der Waals surface area contributed by atoms with Crippen LogP contribution in [-0.2, 0) is 0 Å². The van der Waals surface area contributed by atoms with Crippen LogP contribution in [0.4, 0.5) is 0 Å². The second-order valence-corrected chi connectivity index (χ2v) is 5.36. The number of piperidine rings is 1. The van der Waals surface area contributed by atoms with E-state index in [0.717, 1.165) is 23.0 Å². The first-order chi connectivity index (χ1) is 7.68. The van der Waals surface area contributed by atoms with Crippen molar-refractivity contribution >= 4 is 15.9 Å². The van der Waals surface area contributed by atoms with Gasteiger partial charge in [-0.15, -0.1) is 0 Å². The number of aliphatic hydroxyl groups is 1. The van der Waals surface area contributed by atoms with Crippen LogP contribution in [0, 0.1) is 6.92 Å². The molecule has 0 amide bonds. The van der Waals surface area contributed by atoms with E-state index in [-0.39, 0.29) is 6.04 Å². The Balaban J connectivity index is 2.12. The van der Waals surface area contributed by atoms with Crippen molar-refractivity contribution in [2.24, 2.45) is 0 Å². The minimum Gasteiger partial charge on any atom is -0.387 e. The fraction of sp³-hybridized carbons (Fsp3) is 0.538. The Morgan fingerprint density at radius 1 is 1.44 bits per heavy atom. The zero-order valence-electron chi connectivity index (χ0n) is 9.54. The summed E-state index contributed by atoms with van der Waals surface area (Å²) < 4.78 is 1.07. The Bertz CT molecular complexity index is 361. The Kier molecular flexibility index (Phi) is 4.00. The van der Waals surface area contributed by atoms with E-state index in [1.165, 1.54) is 18.4 Å². The molecule has 1 aromatic rings. The van der Waals surface area contributed by atoms with Crippen LogP contribution in [0.25, 0.3) is 0 Å². The van der Waals surface area contributed by atoms with Gasteiger partial charge in [0.1, 0.15) is 0 Å². The summed E-state index contributed by atoms with van der Waals surface area (Å²) in [6.07, 6.45) is 3.10. The van der Waals surface area contributed by atoms with Crippen LogP contribution in [0.15, 0.2) is 22.7 Å². The average Bonchev–Trinajstić information content (AvgIpc) is 2.33. The number of hydrogen-bond donors (Lipinski definition) is 2. The van der Waals surface area contributed by atoms with E-state index in [4.69, 9.17) is 0 Å². The second-order valence-electron chi connectivity index (χ2n) is 4.51. The van der Waals surface area contributed by atoms with E-state index in [1.807, 2.05) is 18.2 Å². The highest BCUT2D eigenvalue weighted by molar-refractivity contribution is 9.10. The monoisotopic (exact) mass is 283 g/mol. The molecular formula is C13H18BrNO. The molecule has 1 aromatic carbocycles. The smallest absolute Gasteiger partial charge is 0.0943 e. The molecule has 0 radical (unpaired) electrons. The molecule has 0 aromatic heterocycles. The van der Waals surface area contributed by atoms with E-state index in [0.29, 0.717) is 0 Å². The number of halogens is 1. The SMILES string of the molecule is Cc1ccc(C(O)C2CCCCN2)cc1Br. The summed E-state index contributed by atoms with van der Waals surface area (Å²) >= 11 is 3.51. The van der Waals surface area contributed by atoms with Crippen LogP contribution in [0.5, 0.6) is 0 Å². The van der Waals surface area contributed by atoms with E-state index in [2.05, 4.69) is 28.2 Å². The van der Waals surface area contributed by atoms with Crippen molar-refractivity contribution in [3.63, 3.8) is 0 Å². The van der Waals surface area contributed by atoms with E-state index in [1.54, 1.807) is 0 Å². The Labute approximate surface area is 105 Å². The molecule has 0 spiro atoms. The molecule has 1 saturated heterocycles. The Morgan fingerprint density at radius 3 is 2.88 bits per heavy atom. The number of aliphatic hydroxyl groups excluding tert-OH is 1. The molecule has 2 N–H and O–H groups in total. The molecule has 1 heterocycles. The molecule has 3 heteroatoms. The van der Waals surface area contributed by atoms with Gasteiger partial charge in [-0.2, -0.15) is 0 Å². The van der Waals surface area contributed by atoms with Crippen LogP contribution in [0.2, 0.25) is 0 Å². The number of hydrogen-bond acceptors (Lipinski definition) is 2.